The predicted molar refractivity (Wildman–Crippen MR) is 77.9 cm³/mol. The fourth-order valence-electron chi connectivity index (χ4n) is 1.57. The van der Waals surface area contributed by atoms with Gasteiger partial charge in [-0.25, -0.2) is 9.59 Å². The van der Waals surface area contributed by atoms with Gasteiger partial charge in [0.25, 0.3) is 0 Å². The molecule has 0 aliphatic rings. The summed E-state index contributed by atoms with van der Waals surface area (Å²) in [5.74, 6) is -1.09. The van der Waals surface area contributed by atoms with E-state index in [1.54, 1.807) is 25.2 Å². The molecule has 2 amide bonds. The number of hydrogen-bond donors (Lipinski definition) is 2. The van der Waals surface area contributed by atoms with Gasteiger partial charge in [-0.05, 0) is 38.5 Å². The third-order valence-electron chi connectivity index (χ3n) is 3.19. The van der Waals surface area contributed by atoms with Gasteiger partial charge in [0.05, 0.1) is 6.04 Å². The number of amides is 2. The average Bonchev–Trinajstić information content (AvgIpc) is 2.36. The number of halogens is 1. The van der Waals surface area contributed by atoms with Crippen LogP contribution in [-0.4, -0.2) is 34.6 Å². The van der Waals surface area contributed by atoms with Gasteiger partial charge in [-0.3, -0.25) is 0 Å². The van der Waals surface area contributed by atoms with Gasteiger partial charge in [-0.15, -0.1) is 0 Å². The van der Waals surface area contributed by atoms with Gasteiger partial charge in [-0.1, -0.05) is 23.7 Å². The Hall–Kier alpha value is -1.75. The number of hydrogen-bond acceptors (Lipinski definition) is 2. The lowest BCUT2D eigenvalue weighted by Crippen LogP contribution is -2.53. The van der Waals surface area contributed by atoms with Gasteiger partial charge >= 0.3 is 12.0 Å². The van der Waals surface area contributed by atoms with Crippen molar-refractivity contribution in [2.75, 3.05) is 7.05 Å². The number of aliphatic carboxylic acids is 1. The van der Waals surface area contributed by atoms with Gasteiger partial charge in [0.2, 0.25) is 0 Å². The Labute approximate surface area is 123 Å². The maximum absolute atomic E-state index is 12.1. The van der Waals surface area contributed by atoms with Gasteiger partial charge in [-0.2, -0.15) is 0 Å². The van der Waals surface area contributed by atoms with E-state index in [4.69, 9.17) is 16.7 Å². The molecule has 1 atom stereocenters. The van der Waals surface area contributed by atoms with Crippen LogP contribution < -0.4 is 5.32 Å². The summed E-state index contributed by atoms with van der Waals surface area (Å²) in [4.78, 5) is 24.5. The van der Waals surface area contributed by atoms with Crippen molar-refractivity contribution in [1.82, 2.24) is 10.2 Å². The summed E-state index contributed by atoms with van der Waals surface area (Å²) in [7, 11) is 1.61. The zero-order chi connectivity index (χ0) is 15.5. The molecule has 0 fully saturated rings. The molecule has 5 nitrogen and oxygen atoms in total. The van der Waals surface area contributed by atoms with E-state index >= 15 is 0 Å². The minimum atomic E-state index is -1.32. The lowest BCUT2D eigenvalue weighted by molar-refractivity contribution is -0.143. The van der Waals surface area contributed by atoms with Crippen molar-refractivity contribution in [3.8, 4) is 0 Å². The second kappa shape index (κ2) is 6.13. The van der Waals surface area contributed by atoms with E-state index in [0.717, 1.165) is 5.56 Å². The number of urea groups is 1. The van der Waals surface area contributed by atoms with Crippen molar-refractivity contribution in [1.29, 1.82) is 0 Å². The number of carboxylic acid groups (broad SMARTS) is 1. The average molecular weight is 299 g/mol. The van der Waals surface area contributed by atoms with E-state index in [2.05, 4.69) is 5.32 Å². The summed E-state index contributed by atoms with van der Waals surface area (Å²) in [5.41, 5.74) is -0.442. The summed E-state index contributed by atoms with van der Waals surface area (Å²) in [6.07, 6.45) is 0. The van der Waals surface area contributed by atoms with E-state index < -0.39 is 17.5 Å². The first-order valence-corrected chi connectivity index (χ1v) is 6.57. The number of benzene rings is 1. The highest BCUT2D eigenvalue weighted by molar-refractivity contribution is 6.30. The van der Waals surface area contributed by atoms with Crippen molar-refractivity contribution in [3.05, 3.63) is 34.9 Å². The molecule has 6 heteroatoms. The van der Waals surface area contributed by atoms with Crippen molar-refractivity contribution >= 4 is 23.6 Å². The van der Waals surface area contributed by atoms with Crippen molar-refractivity contribution in [3.63, 3.8) is 0 Å². The zero-order valence-electron chi connectivity index (χ0n) is 12.0. The second-order valence-electron chi connectivity index (χ2n) is 5.20. The monoisotopic (exact) mass is 298 g/mol. The summed E-state index contributed by atoms with van der Waals surface area (Å²) in [6, 6.07) is 6.52. The second-order valence-corrected chi connectivity index (χ2v) is 5.64. The molecule has 0 saturated heterocycles. The van der Waals surface area contributed by atoms with Gasteiger partial charge < -0.3 is 15.3 Å². The maximum atomic E-state index is 12.1. The van der Waals surface area contributed by atoms with E-state index in [1.807, 2.05) is 13.0 Å². The SMILES string of the molecule is CC(c1cccc(Cl)c1)N(C)C(=O)NC(C)(C)C(=O)O. The highest BCUT2D eigenvalue weighted by Crippen LogP contribution is 2.22. The number of carbonyl (C=O) groups excluding carboxylic acids is 1. The molecule has 110 valence electrons. The topological polar surface area (TPSA) is 69.6 Å². The largest absolute Gasteiger partial charge is 0.480 e. The molecule has 1 aromatic rings. The predicted octanol–water partition coefficient (Wildman–Crippen LogP) is 2.91. The fourth-order valence-corrected chi connectivity index (χ4v) is 1.77. The minimum absolute atomic E-state index is 0.224. The Kier molecular flexibility index (Phi) is 5.00. The van der Waals surface area contributed by atoms with E-state index in [1.165, 1.54) is 18.7 Å². The van der Waals surface area contributed by atoms with Crippen molar-refractivity contribution < 1.29 is 14.7 Å². The van der Waals surface area contributed by atoms with E-state index in [-0.39, 0.29) is 6.04 Å². The molecule has 0 radical (unpaired) electrons. The molecule has 2 N–H and O–H groups in total. The first kappa shape index (κ1) is 16.3. The Morgan fingerprint density at radius 2 is 2.00 bits per heavy atom. The van der Waals surface area contributed by atoms with E-state index in [0.29, 0.717) is 5.02 Å². The highest BCUT2D eigenvalue weighted by atomic mass is 35.5. The fraction of sp³-hybridized carbons (Fsp3) is 0.429. The third kappa shape index (κ3) is 3.87. The van der Waals surface area contributed by atoms with Crippen LogP contribution in [-0.2, 0) is 4.79 Å². The summed E-state index contributed by atoms with van der Waals surface area (Å²) >= 11 is 5.92. The van der Waals surface area contributed by atoms with Crippen LogP contribution in [0.3, 0.4) is 0 Å². The van der Waals surface area contributed by atoms with Crippen molar-refractivity contribution in [2.24, 2.45) is 0 Å². The molecule has 1 aromatic carbocycles. The molecular formula is C14H19ClN2O3. The molecule has 1 rings (SSSR count). The standard InChI is InChI=1S/C14H19ClN2O3/c1-9(10-6-5-7-11(15)8-10)17(4)13(20)16-14(2,3)12(18)19/h5-9H,1-4H3,(H,16,20)(H,18,19). The van der Waals surface area contributed by atoms with Gasteiger partial charge in [0.1, 0.15) is 5.54 Å². The number of carboxylic acids is 1. The number of nitrogens with one attached hydrogen (secondary N) is 1. The van der Waals surface area contributed by atoms with E-state index in [9.17, 15) is 9.59 Å². The Morgan fingerprint density at radius 3 is 2.50 bits per heavy atom. The van der Waals surface area contributed by atoms with Crippen LogP contribution in [0.15, 0.2) is 24.3 Å². The third-order valence-corrected chi connectivity index (χ3v) is 3.42. The van der Waals surface area contributed by atoms with Crippen LogP contribution in [0.1, 0.15) is 32.4 Å². The zero-order valence-corrected chi connectivity index (χ0v) is 12.7. The molecule has 0 aliphatic carbocycles. The molecule has 0 bridgehead atoms. The Bertz CT molecular complexity index is 517. The first-order valence-electron chi connectivity index (χ1n) is 6.19. The smallest absolute Gasteiger partial charge is 0.328 e. The van der Waals surface area contributed by atoms with Gasteiger partial charge in [0, 0.05) is 12.1 Å². The maximum Gasteiger partial charge on any atom is 0.328 e. The summed E-state index contributed by atoms with van der Waals surface area (Å²) < 4.78 is 0. The minimum Gasteiger partial charge on any atom is -0.480 e. The van der Waals surface area contributed by atoms with Crippen molar-refractivity contribution in [2.45, 2.75) is 32.4 Å². The Morgan fingerprint density at radius 1 is 1.40 bits per heavy atom. The molecule has 1 unspecified atom stereocenters. The lowest BCUT2D eigenvalue weighted by atomic mass is 10.1. The van der Waals surface area contributed by atoms with Crippen LogP contribution in [0.25, 0.3) is 0 Å². The van der Waals surface area contributed by atoms with Crippen LogP contribution in [0, 0.1) is 0 Å². The quantitative estimate of drug-likeness (QED) is 0.898. The summed E-state index contributed by atoms with van der Waals surface area (Å²) in [5, 5.41) is 12.1. The van der Waals surface area contributed by atoms with Crippen LogP contribution in [0.2, 0.25) is 5.02 Å². The normalized spacial score (nSPS) is 12.7. The highest BCUT2D eigenvalue weighted by Gasteiger charge is 2.31. The van der Waals surface area contributed by atoms with Crippen LogP contribution >= 0.6 is 11.6 Å². The molecule has 0 aromatic heterocycles. The molecule has 20 heavy (non-hydrogen) atoms. The number of rotatable bonds is 4. The first-order chi connectivity index (χ1) is 9.15. The number of carbonyl (C=O) groups is 2. The molecule has 0 saturated carbocycles. The number of nitrogens with zero attached hydrogens (tertiary/aromatic N) is 1. The van der Waals surface area contributed by atoms with Crippen LogP contribution in [0.5, 0.6) is 0 Å². The molecular weight excluding hydrogens is 280 g/mol. The molecule has 0 aliphatic heterocycles. The molecule has 0 spiro atoms. The molecule has 0 heterocycles. The lowest BCUT2D eigenvalue weighted by Gasteiger charge is -2.29. The Balaban J connectivity index is 2.81. The van der Waals surface area contributed by atoms with Gasteiger partial charge in [0.15, 0.2) is 0 Å². The van der Waals surface area contributed by atoms with Crippen LogP contribution in [0.4, 0.5) is 4.79 Å². The summed E-state index contributed by atoms with van der Waals surface area (Å²) in [6.45, 7) is 4.72.